The maximum absolute atomic E-state index is 9.72. The first-order chi connectivity index (χ1) is 17.2. The van der Waals surface area contributed by atoms with Crippen LogP contribution in [-0.2, 0) is 16.1 Å². The van der Waals surface area contributed by atoms with E-state index in [1.165, 1.54) is 0 Å². The lowest BCUT2D eigenvalue weighted by Gasteiger charge is -2.29. The third-order valence-corrected chi connectivity index (χ3v) is 7.21. The molecular formula is C26H34N4O4S. The highest BCUT2D eigenvalue weighted by Gasteiger charge is 2.22. The Balaban J connectivity index is 0.00000141. The van der Waals surface area contributed by atoms with Crippen LogP contribution in [0.1, 0.15) is 32.3 Å². The van der Waals surface area contributed by atoms with E-state index in [9.17, 15) is 5.11 Å². The number of hydrogen-bond donors (Lipinski definition) is 1. The van der Waals surface area contributed by atoms with E-state index in [1.54, 1.807) is 18.9 Å². The van der Waals surface area contributed by atoms with Crippen molar-refractivity contribution in [2.75, 3.05) is 51.5 Å². The summed E-state index contributed by atoms with van der Waals surface area (Å²) in [5, 5.41) is 11.9. The largest absolute Gasteiger partial charge is 0.496 e. The van der Waals surface area contributed by atoms with Gasteiger partial charge in [0.05, 0.1) is 38.0 Å². The molecule has 0 saturated carbocycles. The first-order valence-corrected chi connectivity index (χ1v) is 13.2. The van der Waals surface area contributed by atoms with Crippen molar-refractivity contribution in [3.63, 3.8) is 0 Å². The minimum absolute atomic E-state index is 0.0974. The molecule has 0 aliphatic carbocycles. The molecule has 5 rings (SSSR count). The summed E-state index contributed by atoms with van der Waals surface area (Å²) in [5.74, 6) is 1.58. The monoisotopic (exact) mass is 498 g/mol. The molecule has 2 aliphatic heterocycles. The third kappa shape index (κ3) is 6.03. The van der Waals surface area contributed by atoms with Crippen LogP contribution in [0.25, 0.3) is 22.3 Å². The summed E-state index contributed by atoms with van der Waals surface area (Å²) in [4.78, 5) is 17.0. The second-order valence-corrected chi connectivity index (χ2v) is 9.38. The van der Waals surface area contributed by atoms with Gasteiger partial charge in [-0.1, -0.05) is 25.6 Å². The van der Waals surface area contributed by atoms with Crippen molar-refractivity contribution in [2.45, 2.75) is 43.7 Å². The van der Waals surface area contributed by atoms with E-state index in [0.717, 1.165) is 72.3 Å². The molecule has 0 atom stereocenters. The van der Waals surface area contributed by atoms with Gasteiger partial charge in [-0.15, -0.1) is 0 Å². The van der Waals surface area contributed by atoms with Crippen LogP contribution in [0.2, 0.25) is 0 Å². The van der Waals surface area contributed by atoms with E-state index in [0.29, 0.717) is 29.9 Å². The van der Waals surface area contributed by atoms with E-state index in [1.807, 2.05) is 44.2 Å². The summed E-state index contributed by atoms with van der Waals surface area (Å²) in [5.41, 5.74) is 3.12. The Morgan fingerprint density at radius 3 is 2.46 bits per heavy atom. The van der Waals surface area contributed by atoms with Crippen LogP contribution in [0.15, 0.2) is 35.5 Å². The number of morpholine rings is 1. The number of aliphatic hydroxyl groups is 1. The van der Waals surface area contributed by atoms with Gasteiger partial charge in [0.25, 0.3) is 0 Å². The molecule has 0 amide bonds. The number of nitrogens with zero attached hydrogens (tertiary/aromatic N) is 4. The molecule has 188 valence electrons. The molecule has 2 aromatic heterocycles. The Bertz CT molecular complexity index is 1120. The van der Waals surface area contributed by atoms with Crippen molar-refractivity contribution in [1.82, 2.24) is 15.0 Å². The topological polar surface area (TPSA) is 89.8 Å². The molecule has 0 bridgehead atoms. The van der Waals surface area contributed by atoms with Crippen LogP contribution in [0.3, 0.4) is 0 Å². The normalized spacial score (nSPS) is 16.6. The SMILES string of the molecule is CC.COc1ccc(-c2ccc3c(N4CCOCC4)nc(SC4CCOCC4)nc3n2)cc1CO. The molecule has 0 unspecified atom stereocenters. The number of benzene rings is 1. The highest BCUT2D eigenvalue weighted by molar-refractivity contribution is 7.99. The minimum Gasteiger partial charge on any atom is -0.496 e. The van der Waals surface area contributed by atoms with Crippen LogP contribution >= 0.6 is 11.8 Å². The van der Waals surface area contributed by atoms with Crippen molar-refractivity contribution in [3.8, 4) is 17.0 Å². The zero-order valence-corrected chi connectivity index (χ0v) is 21.5. The average Bonchev–Trinajstić information content (AvgIpc) is 2.94. The van der Waals surface area contributed by atoms with Gasteiger partial charge in [-0.3, -0.25) is 0 Å². The molecule has 35 heavy (non-hydrogen) atoms. The number of thioether (sulfide) groups is 1. The number of anilines is 1. The first-order valence-electron chi connectivity index (χ1n) is 12.3. The van der Waals surface area contributed by atoms with Crippen molar-refractivity contribution in [3.05, 3.63) is 35.9 Å². The van der Waals surface area contributed by atoms with E-state index in [-0.39, 0.29) is 6.61 Å². The fourth-order valence-electron chi connectivity index (χ4n) is 4.21. The second kappa shape index (κ2) is 12.5. The lowest BCUT2D eigenvalue weighted by atomic mass is 10.1. The van der Waals surface area contributed by atoms with Gasteiger partial charge in [0.1, 0.15) is 11.6 Å². The Kier molecular flexibility index (Phi) is 9.14. The predicted octanol–water partition coefficient (Wildman–Crippen LogP) is 4.33. The number of aromatic nitrogens is 3. The summed E-state index contributed by atoms with van der Waals surface area (Å²) in [6.07, 6.45) is 2.00. The van der Waals surface area contributed by atoms with Crippen LogP contribution in [-0.4, -0.2) is 71.9 Å². The van der Waals surface area contributed by atoms with Gasteiger partial charge in [0.2, 0.25) is 0 Å². The molecule has 1 N–H and O–H groups in total. The Hall–Kier alpha value is -2.46. The fraction of sp³-hybridized carbons (Fsp3) is 0.500. The lowest BCUT2D eigenvalue weighted by molar-refractivity contribution is 0.1000. The van der Waals surface area contributed by atoms with Crippen molar-refractivity contribution < 1.29 is 19.3 Å². The Morgan fingerprint density at radius 1 is 1.00 bits per heavy atom. The number of rotatable bonds is 6. The summed E-state index contributed by atoms with van der Waals surface area (Å²) >= 11 is 1.72. The number of hydrogen-bond acceptors (Lipinski definition) is 9. The van der Waals surface area contributed by atoms with Gasteiger partial charge >= 0.3 is 0 Å². The highest BCUT2D eigenvalue weighted by Crippen LogP contribution is 2.33. The van der Waals surface area contributed by atoms with Gasteiger partial charge in [0, 0.05) is 42.7 Å². The molecule has 3 aromatic rings. The molecule has 2 saturated heterocycles. The smallest absolute Gasteiger partial charge is 0.191 e. The highest BCUT2D eigenvalue weighted by atomic mass is 32.2. The number of aliphatic hydroxyl groups excluding tert-OH is 1. The standard InChI is InChI=1S/C24H28N4O4S.C2H6/c1-30-21-5-2-16(14-17(21)15-29)20-4-3-19-22(25-20)26-24(33-18-6-10-31-11-7-18)27-23(19)28-8-12-32-13-9-28;1-2/h2-5,14,18,29H,6-13,15H2,1H3;1-2H3. The van der Waals surface area contributed by atoms with Crippen LogP contribution < -0.4 is 9.64 Å². The number of ether oxygens (including phenoxy) is 3. The summed E-state index contributed by atoms with van der Waals surface area (Å²) < 4.78 is 16.4. The molecule has 2 fully saturated rings. The van der Waals surface area contributed by atoms with Gasteiger partial charge in [-0.2, -0.15) is 0 Å². The zero-order chi connectivity index (χ0) is 24.6. The van der Waals surface area contributed by atoms with Gasteiger partial charge in [-0.25, -0.2) is 15.0 Å². The predicted molar refractivity (Wildman–Crippen MR) is 139 cm³/mol. The molecule has 0 spiro atoms. The number of methoxy groups -OCH3 is 1. The summed E-state index contributed by atoms with van der Waals surface area (Å²) in [6, 6.07) is 9.76. The Labute approximate surface area is 211 Å². The quantitative estimate of drug-likeness (QED) is 0.499. The third-order valence-electron chi connectivity index (χ3n) is 6.02. The van der Waals surface area contributed by atoms with Gasteiger partial charge in [0.15, 0.2) is 10.8 Å². The molecule has 0 radical (unpaired) electrons. The van der Waals surface area contributed by atoms with Gasteiger partial charge < -0.3 is 24.2 Å². The second-order valence-electron chi connectivity index (χ2n) is 8.11. The first kappa shape index (κ1) is 25.6. The van der Waals surface area contributed by atoms with Crippen LogP contribution in [0.5, 0.6) is 5.75 Å². The molecular weight excluding hydrogens is 464 g/mol. The maximum atomic E-state index is 9.72. The lowest BCUT2D eigenvalue weighted by Crippen LogP contribution is -2.37. The molecule has 1 aromatic carbocycles. The van der Waals surface area contributed by atoms with Crippen molar-refractivity contribution >= 4 is 28.6 Å². The van der Waals surface area contributed by atoms with Crippen molar-refractivity contribution in [1.29, 1.82) is 0 Å². The maximum Gasteiger partial charge on any atom is 0.191 e. The van der Waals surface area contributed by atoms with Crippen LogP contribution in [0.4, 0.5) is 5.82 Å². The molecule has 2 aliphatic rings. The number of fused-ring (bicyclic) bond motifs is 1. The van der Waals surface area contributed by atoms with Gasteiger partial charge in [-0.05, 0) is 43.2 Å². The van der Waals surface area contributed by atoms with Crippen molar-refractivity contribution in [2.24, 2.45) is 0 Å². The average molecular weight is 499 g/mol. The molecule has 4 heterocycles. The summed E-state index contributed by atoms with van der Waals surface area (Å²) in [6.45, 7) is 8.45. The van der Waals surface area contributed by atoms with E-state index in [2.05, 4.69) is 4.90 Å². The molecule has 9 heteroatoms. The van der Waals surface area contributed by atoms with E-state index < -0.39 is 0 Å². The Morgan fingerprint density at radius 2 is 1.74 bits per heavy atom. The van der Waals surface area contributed by atoms with E-state index in [4.69, 9.17) is 29.2 Å². The summed E-state index contributed by atoms with van der Waals surface area (Å²) in [7, 11) is 1.60. The minimum atomic E-state index is -0.0974. The zero-order valence-electron chi connectivity index (χ0n) is 20.7. The van der Waals surface area contributed by atoms with Crippen LogP contribution in [0, 0.1) is 0 Å². The molecule has 8 nitrogen and oxygen atoms in total. The fourth-order valence-corrected chi connectivity index (χ4v) is 5.21. The number of pyridine rings is 1. The van der Waals surface area contributed by atoms with E-state index >= 15 is 0 Å².